The number of carbonyl (C=O) groups is 1. The van der Waals surface area contributed by atoms with Gasteiger partial charge < -0.3 is 14.5 Å². The molecule has 8 heteroatoms. The summed E-state index contributed by atoms with van der Waals surface area (Å²) in [6, 6.07) is 8.07. The average Bonchev–Trinajstić information content (AvgIpc) is 3.06. The Kier molecular flexibility index (Phi) is 5.91. The van der Waals surface area contributed by atoms with Gasteiger partial charge in [-0.1, -0.05) is 17.8 Å². The van der Waals surface area contributed by atoms with Crippen LogP contribution in [0.1, 0.15) is 10.4 Å². The molecule has 1 fully saturated rings. The highest BCUT2D eigenvalue weighted by atomic mass is 32.2. The molecule has 1 saturated heterocycles. The Morgan fingerprint density at radius 3 is 2.76 bits per heavy atom. The molecule has 1 aromatic carbocycles. The van der Waals surface area contributed by atoms with Crippen LogP contribution in [0.4, 0.5) is 5.69 Å². The molecule has 1 aliphatic rings. The molecule has 0 aliphatic carbocycles. The molecular weight excluding hydrogens is 404 g/mol. The predicted octanol–water partition coefficient (Wildman–Crippen LogP) is 3.76. The van der Waals surface area contributed by atoms with Gasteiger partial charge in [-0.15, -0.1) is 11.3 Å². The van der Waals surface area contributed by atoms with Gasteiger partial charge in [0.05, 0.1) is 12.9 Å². The van der Waals surface area contributed by atoms with E-state index >= 15 is 0 Å². The molecule has 152 valence electrons. The summed E-state index contributed by atoms with van der Waals surface area (Å²) < 4.78 is 5.32. The second kappa shape index (κ2) is 8.59. The van der Waals surface area contributed by atoms with Crippen molar-refractivity contribution < 1.29 is 9.53 Å². The maximum absolute atomic E-state index is 12.8. The van der Waals surface area contributed by atoms with Crippen molar-refractivity contribution in [1.82, 2.24) is 14.9 Å². The Labute approximate surface area is 178 Å². The van der Waals surface area contributed by atoms with E-state index in [-0.39, 0.29) is 5.91 Å². The van der Waals surface area contributed by atoms with E-state index in [4.69, 9.17) is 4.74 Å². The topological polar surface area (TPSA) is 58.6 Å². The molecule has 1 amide bonds. The van der Waals surface area contributed by atoms with Crippen LogP contribution >= 0.6 is 23.1 Å². The fourth-order valence-electron chi connectivity index (χ4n) is 3.50. The second-order valence-corrected chi connectivity index (χ2v) is 9.17. The first-order chi connectivity index (χ1) is 14.1. The molecule has 4 rings (SSSR count). The Morgan fingerprint density at radius 2 is 2.00 bits per heavy atom. The molecular formula is C21H24N4O2S2. The summed E-state index contributed by atoms with van der Waals surface area (Å²) in [5.74, 6) is 1.42. The zero-order valence-electron chi connectivity index (χ0n) is 16.8. The molecule has 0 saturated carbocycles. The van der Waals surface area contributed by atoms with Gasteiger partial charge in [-0.05, 0) is 31.5 Å². The van der Waals surface area contributed by atoms with Crippen LogP contribution in [0, 0.1) is 13.8 Å². The van der Waals surface area contributed by atoms with Crippen molar-refractivity contribution in [1.29, 1.82) is 0 Å². The summed E-state index contributed by atoms with van der Waals surface area (Å²) in [5, 5.41) is 2.00. The Balaban J connectivity index is 1.36. The lowest BCUT2D eigenvalue weighted by molar-refractivity contribution is -0.128. The number of rotatable bonds is 5. The number of methoxy groups -OCH3 is 1. The van der Waals surface area contributed by atoms with Gasteiger partial charge >= 0.3 is 0 Å². The van der Waals surface area contributed by atoms with E-state index in [9.17, 15) is 4.79 Å². The molecule has 3 heterocycles. The Hall–Kier alpha value is -2.32. The van der Waals surface area contributed by atoms with Crippen LogP contribution < -0.4 is 9.64 Å². The number of aryl methyl sites for hydroxylation is 2. The predicted molar refractivity (Wildman–Crippen MR) is 119 cm³/mol. The molecule has 29 heavy (non-hydrogen) atoms. The van der Waals surface area contributed by atoms with Crippen LogP contribution in [-0.2, 0) is 4.79 Å². The van der Waals surface area contributed by atoms with E-state index in [1.165, 1.54) is 22.2 Å². The van der Waals surface area contributed by atoms with Gasteiger partial charge in [0.15, 0.2) is 0 Å². The molecule has 0 atom stereocenters. The van der Waals surface area contributed by atoms with E-state index in [0.29, 0.717) is 5.75 Å². The molecule has 0 bridgehead atoms. The lowest BCUT2D eigenvalue weighted by atomic mass is 10.2. The minimum atomic E-state index is 0.164. The molecule has 6 nitrogen and oxygen atoms in total. The van der Waals surface area contributed by atoms with Crippen molar-refractivity contribution in [3.8, 4) is 5.75 Å². The number of amides is 1. The molecule has 3 aromatic rings. The van der Waals surface area contributed by atoms with Gasteiger partial charge in [-0.3, -0.25) is 4.79 Å². The van der Waals surface area contributed by atoms with Gasteiger partial charge in [0.1, 0.15) is 21.9 Å². The van der Waals surface area contributed by atoms with Crippen molar-refractivity contribution in [2.24, 2.45) is 0 Å². The van der Waals surface area contributed by atoms with E-state index in [1.807, 2.05) is 23.1 Å². The fraction of sp³-hybridized carbons (Fsp3) is 0.381. The highest BCUT2D eigenvalue weighted by Gasteiger charge is 2.22. The smallest absolute Gasteiger partial charge is 0.233 e. The minimum absolute atomic E-state index is 0.164. The number of benzene rings is 1. The summed E-state index contributed by atoms with van der Waals surface area (Å²) in [6.45, 7) is 7.30. The number of anilines is 1. The number of thiophene rings is 1. The molecule has 1 aliphatic heterocycles. The van der Waals surface area contributed by atoms with Gasteiger partial charge in [0.25, 0.3) is 0 Å². The first kappa shape index (κ1) is 20.0. The summed E-state index contributed by atoms with van der Waals surface area (Å²) >= 11 is 3.20. The van der Waals surface area contributed by atoms with Gasteiger partial charge in [0, 0.05) is 48.2 Å². The van der Waals surface area contributed by atoms with Crippen LogP contribution in [0.2, 0.25) is 0 Å². The second-order valence-electron chi connectivity index (χ2n) is 7.00. The minimum Gasteiger partial charge on any atom is -0.497 e. The largest absolute Gasteiger partial charge is 0.497 e. The number of hydrogen-bond donors (Lipinski definition) is 0. The van der Waals surface area contributed by atoms with Gasteiger partial charge in [-0.25, -0.2) is 9.97 Å². The Morgan fingerprint density at radius 1 is 1.21 bits per heavy atom. The molecule has 0 N–H and O–H groups in total. The van der Waals surface area contributed by atoms with Crippen molar-refractivity contribution in [2.75, 3.05) is 43.9 Å². The monoisotopic (exact) mass is 428 g/mol. The number of nitrogens with zero attached hydrogens (tertiary/aromatic N) is 4. The number of fused-ring (bicyclic) bond motifs is 1. The highest BCUT2D eigenvalue weighted by molar-refractivity contribution is 8.00. The molecule has 0 spiro atoms. The van der Waals surface area contributed by atoms with E-state index in [0.717, 1.165) is 52.9 Å². The number of hydrogen-bond acceptors (Lipinski definition) is 7. The maximum Gasteiger partial charge on any atom is 0.233 e. The zero-order valence-corrected chi connectivity index (χ0v) is 18.5. The third-order valence-electron chi connectivity index (χ3n) is 5.31. The summed E-state index contributed by atoms with van der Waals surface area (Å²) in [7, 11) is 1.68. The van der Waals surface area contributed by atoms with Crippen molar-refractivity contribution in [2.45, 2.75) is 18.9 Å². The number of thioether (sulfide) groups is 1. The van der Waals surface area contributed by atoms with Crippen LogP contribution in [0.15, 0.2) is 35.6 Å². The lowest BCUT2D eigenvalue weighted by Crippen LogP contribution is -2.49. The molecule has 0 unspecified atom stereocenters. The fourth-order valence-corrected chi connectivity index (χ4v) is 5.52. The molecule has 2 aromatic heterocycles. The number of carbonyl (C=O) groups excluding carboxylic acids is 1. The zero-order chi connectivity index (χ0) is 20.4. The van der Waals surface area contributed by atoms with Crippen LogP contribution in [0.25, 0.3) is 10.2 Å². The average molecular weight is 429 g/mol. The van der Waals surface area contributed by atoms with Crippen molar-refractivity contribution >= 4 is 44.9 Å². The third kappa shape index (κ3) is 4.18. The van der Waals surface area contributed by atoms with E-state index < -0.39 is 0 Å². The summed E-state index contributed by atoms with van der Waals surface area (Å²) in [6.07, 6.45) is 1.59. The Bertz CT molecular complexity index is 1030. The standard InChI is InChI=1S/C21H24N4O2S2/c1-14-15(2)29-21-19(14)20(22-13-23-21)28-12-18(26)25-9-7-24(8-10-25)16-5-4-6-17(11-16)27-3/h4-6,11,13H,7-10,12H2,1-3H3. The van der Waals surface area contributed by atoms with Crippen LogP contribution in [-0.4, -0.2) is 59.8 Å². The van der Waals surface area contributed by atoms with E-state index in [2.05, 4.69) is 34.8 Å². The number of ether oxygens (including phenoxy) is 1. The quantitative estimate of drug-likeness (QED) is 0.456. The van der Waals surface area contributed by atoms with E-state index in [1.54, 1.807) is 24.8 Å². The van der Waals surface area contributed by atoms with Crippen molar-refractivity contribution in [3.63, 3.8) is 0 Å². The lowest BCUT2D eigenvalue weighted by Gasteiger charge is -2.36. The van der Waals surface area contributed by atoms with Gasteiger partial charge in [0.2, 0.25) is 5.91 Å². The SMILES string of the molecule is COc1cccc(N2CCN(C(=O)CSc3ncnc4sc(C)c(C)c34)CC2)c1. The highest BCUT2D eigenvalue weighted by Crippen LogP contribution is 2.34. The normalized spacial score (nSPS) is 14.4. The summed E-state index contributed by atoms with van der Waals surface area (Å²) in [4.78, 5) is 28.1. The first-order valence-electron chi connectivity index (χ1n) is 9.57. The third-order valence-corrected chi connectivity index (χ3v) is 7.40. The first-order valence-corrected chi connectivity index (χ1v) is 11.4. The summed E-state index contributed by atoms with van der Waals surface area (Å²) in [5.41, 5.74) is 2.35. The van der Waals surface area contributed by atoms with Crippen LogP contribution in [0.3, 0.4) is 0 Å². The van der Waals surface area contributed by atoms with Crippen molar-refractivity contribution in [3.05, 3.63) is 41.0 Å². The maximum atomic E-state index is 12.8. The molecule has 0 radical (unpaired) electrons. The number of aromatic nitrogens is 2. The van der Waals surface area contributed by atoms with Crippen LogP contribution in [0.5, 0.6) is 5.75 Å². The van der Waals surface area contributed by atoms with Gasteiger partial charge in [-0.2, -0.15) is 0 Å². The number of piperazine rings is 1.